The van der Waals surface area contributed by atoms with Crippen LogP contribution in [0.2, 0.25) is 0 Å². The van der Waals surface area contributed by atoms with Gasteiger partial charge in [0.2, 0.25) is 5.91 Å². The number of aryl methyl sites for hydroxylation is 2. The van der Waals surface area contributed by atoms with Gasteiger partial charge in [-0.25, -0.2) is 0 Å². The highest BCUT2D eigenvalue weighted by molar-refractivity contribution is 5.81. The van der Waals surface area contributed by atoms with Crippen molar-refractivity contribution in [3.63, 3.8) is 0 Å². The van der Waals surface area contributed by atoms with Crippen molar-refractivity contribution in [1.29, 1.82) is 0 Å². The number of carboxylic acids is 1. The normalized spacial score (nSPS) is 10.3. The van der Waals surface area contributed by atoms with E-state index in [4.69, 9.17) is 5.11 Å². The van der Waals surface area contributed by atoms with E-state index in [1.54, 1.807) is 0 Å². The predicted octanol–water partition coefficient (Wildman–Crippen LogP) is 4.12. The molecule has 0 heterocycles. The Hall–Kier alpha value is -2.82. The predicted molar refractivity (Wildman–Crippen MR) is 98.7 cm³/mol. The van der Waals surface area contributed by atoms with E-state index in [-0.39, 0.29) is 12.3 Å². The monoisotopic (exact) mass is 340 g/mol. The van der Waals surface area contributed by atoms with Gasteiger partial charge in [0.25, 0.3) is 0 Å². The van der Waals surface area contributed by atoms with Crippen LogP contribution in [0.25, 0.3) is 0 Å². The number of benzene rings is 2. The second-order valence-electron chi connectivity index (χ2n) is 6.04. The number of anilines is 2. The number of hydrazine groups is 1. The van der Waals surface area contributed by atoms with E-state index >= 15 is 0 Å². The van der Waals surface area contributed by atoms with E-state index in [2.05, 4.69) is 5.43 Å². The molecule has 1 amide bonds. The smallest absolute Gasteiger partial charge is 0.303 e. The van der Waals surface area contributed by atoms with Gasteiger partial charge in [-0.15, -0.1) is 0 Å². The van der Waals surface area contributed by atoms with Crippen LogP contribution in [0, 0.1) is 13.8 Å². The fourth-order valence-corrected chi connectivity index (χ4v) is 2.62. The first kappa shape index (κ1) is 18.5. The summed E-state index contributed by atoms with van der Waals surface area (Å²) in [6, 6.07) is 15.7. The lowest BCUT2D eigenvalue weighted by Gasteiger charge is -2.28. The molecule has 2 aromatic carbocycles. The van der Waals surface area contributed by atoms with Crippen LogP contribution in [0.4, 0.5) is 11.4 Å². The number of unbranched alkanes of at least 4 members (excludes halogenated alkanes) is 1. The number of nitrogens with one attached hydrogen (secondary N) is 1. The summed E-state index contributed by atoms with van der Waals surface area (Å²) in [6.45, 7) is 4.00. The molecule has 0 atom stereocenters. The quantitative estimate of drug-likeness (QED) is 0.560. The Morgan fingerprint density at radius 2 is 1.36 bits per heavy atom. The van der Waals surface area contributed by atoms with Crippen LogP contribution in [0.15, 0.2) is 48.5 Å². The Balaban J connectivity index is 2.16. The molecule has 0 saturated carbocycles. The zero-order valence-electron chi connectivity index (χ0n) is 14.7. The average molecular weight is 340 g/mol. The first-order valence-corrected chi connectivity index (χ1v) is 8.41. The maximum atomic E-state index is 12.4. The molecule has 0 saturated heterocycles. The first-order chi connectivity index (χ1) is 12.0. The lowest BCUT2D eigenvalue weighted by atomic mass is 10.1. The highest BCUT2D eigenvalue weighted by Crippen LogP contribution is 2.28. The van der Waals surface area contributed by atoms with Crippen molar-refractivity contribution in [1.82, 2.24) is 5.43 Å². The van der Waals surface area contributed by atoms with Crippen LogP contribution >= 0.6 is 0 Å². The van der Waals surface area contributed by atoms with Crippen molar-refractivity contribution >= 4 is 23.3 Å². The Morgan fingerprint density at radius 1 is 0.880 bits per heavy atom. The van der Waals surface area contributed by atoms with Gasteiger partial charge in [0.05, 0.1) is 11.4 Å². The molecule has 0 unspecified atom stereocenters. The highest BCUT2D eigenvalue weighted by atomic mass is 16.4. The fraction of sp³-hybridized carbons (Fsp3) is 0.300. The van der Waals surface area contributed by atoms with Crippen molar-refractivity contribution < 1.29 is 14.7 Å². The zero-order chi connectivity index (χ0) is 18.2. The lowest BCUT2D eigenvalue weighted by Crippen LogP contribution is -2.39. The molecule has 0 bridgehead atoms. The molecule has 2 rings (SSSR count). The summed E-state index contributed by atoms with van der Waals surface area (Å²) in [5.41, 5.74) is 6.90. The molecular weight excluding hydrogens is 316 g/mol. The van der Waals surface area contributed by atoms with Gasteiger partial charge < -0.3 is 5.11 Å². The Labute approximate surface area is 148 Å². The van der Waals surface area contributed by atoms with E-state index in [1.807, 2.05) is 67.4 Å². The van der Waals surface area contributed by atoms with Crippen molar-refractivity contribution in [2.45, 2.75) is 39.5 Å². The second-order valence-corrected chi connectivity index (χ2v) is 6.04. The number of amides is 1. The topological polar surface area (TPSA) is 69.6 Å². The number of hydrogen-bond donors (Lipinski definition) is 2. The van der Waals surface area contributed by atoms with Gasteiger partial charge in [-0.3, -0.25) is 20.0 Å². The van der Waals surface area contributed by atoms with Crippen LogP contribution in [-0.4, -0.2) is 17.0 Å². The van der Waals surface area contributed by atoms with E-state index in [1.165, 1.54) is 0 Å². The molecule has 132 valence electrons. The van der Waals surface area contributed by atoms with E-state index in [9.17, 15) is 9.59 Å². The number of hydrogen-bond acceptors (Lipinski definition) is 3. The molecule has 0 radical (unpaired) electrons. The van der Waals surface area contributed by atoms with Gasteiger partial charge in [0.15, 0.2) is 0 Å². The number of para-hydroxylation sites is 2. The summed E-state index contributed by atoms with van der Waals surface area (Å²) in [5, 5.41) is 10.5. The minimum absolute atomic E-state index is 0.0899. The van der Waals surface area contributed by atoms with Gasteiger partial charge >= 0.3 is 5.97 Å². The van der Waals surface area contributed by atoms with Crippen LogP contribution in [0.1, 0.15) is 36.8 Å². The lowest BCUT2D eigenvalue weighted by molar-refractivity contribution is -0.137. The molecule has 0 aliphatic rings. The number of rotatable bonds is 8. The molecule has 5 heteroatoms. The molecule has 5 nitrogen and oxygen atoms in total. The van der Waals surface area contributed by atoms with Crippen LogP contribution in [-0.2, 0) is 9.59 Å². The van der Waals surface area contributed by atoms with Crippen molar-refractivity contribution in [3.8, 4) is 0 Å². The molecule has 0 fully saturated rings. The van der Waals surface area contributed by atoms with Crippen molar-refractivity contribution in [2.75, 3.05) is 5.01 Å². The third-order valence-electron chi connectivity index (χ3n) is 3.99. The van der Waals surface area contributed by atoms with E-state index in [0.29, 0.717) is 19.3 Å². The summed E-state index contributed by atoms with van der Waals surface area (Å²) in [6.07, 6.45) is 1.43. The van der Waals surface area contributed by atoms with Crippen LogP contribution < -0.4 is 10.4 Å². The number of carbonyl (C=O) groups excluding carboxylic acids is 1. The van der Waals surface area contributed by atoms with Gasteiger partial charge in [-0.1, -0.05) is 36.4 Å². The Morgan fingerprint density at radius 3 is 1.84 bits per heavy atom. The molecular formula is C20H24N2O3. The second kappa shape index (κ2) is 8.87. The summed E-state index contributed by atoms with van der Waals surface area (Å²) in [5.74, 6) is -0.959. The summed E-state index contributed by atoms with van der Waals surface area (Å²) in [4.78, 5) is 22.9. The van der Waals surface area contributed by atoms with Gasteiger partial charge in [-0.05, 0) is 49.9 Å². The maximum absolute atomic E-state index is 12.4. The van der Waals surface area contributed by atoms with Gasteiger partial charge in [0, 0.05) is 12.8 Å². The standard InChI is InChI=1S/C20H24N2O3/c1-15-9-3-5-11-17(15)22(18-12-6-4-10-16(18)2)21-19(23)13-7-8-14-20(24)25/h3-6,9-12H,7-8,13-14H2,1-2H3,(H,21,23)(H,24,25). The number of nitrogens with zero attached hydrogens (tertiary/aromatic N) is 1. The molecule has 25 heavy (non-hydrogen) atoms. The highest BCUT2D eigenvalue weighted by Gasteiger charge is 2.16. The third-order valence-corrected chi connectivity index (χ3v) is 3.99. The number of carboxylic acid groups (broad SMARTS) is 1. The fourth-order valence-electron chi connectivity index (χ4n) is 2.62. The van der Waals surface area contributed by atoms with Gasteiger partial charge in [-0.2, -0.15) is 0 Å². The Bertz CT molecular complexity index is 698. The van der Waals surface area contributed by atoms with Gasteiger partial charge in [0.1, 0.15) is 0 Å². The molecule has 0 aliphatic carbocycles. The zero-order valence-corrected chi connectivity index (χ0v) is 14.7. The van der Waals surface area contributed by atoms with Crippen LogP contribution in [0.3, 0.4) is 0 Å². The number of carbonyl (C=O) groups is 2. The molecule has 0 aliphatic heterocycles. The molecule has 2 N–H and O–H groups in total. The SMILES string of the molecule is Cc1ccccc1N(NC(=O)CCCCC(=O)O)c1ccccc1C. The summed E-state index contributed by atoms with van der Waals surface area (Å²) >= 11 is 0. The minimum atomic E-state index is -0.832. The molecule has 0 spiro atoms. The molecule has 0 aromatic heterocycles. The number of aliphatic carboxylic acids is 1. The average Bonchev–Trinajstić information content (AvgIpc) is 2.58. The summed E-state index contributed by atoms with van der Waals surface area (Å²) < 4.78 is 0. The van der Waals surface area contributed by atoms with Crippen LogP contribution in [0.5, 0.6) is 0 Å². The van der Waals surface area contributed by atoms with E-state index in [0.717, 1.165) is 22.5 Å². The Kier molecular flexibility index (Phi) is 6.57. The third kappa shape index (κ3) is 5.35. The largest absolute Gasteiger partial charge is 0.481 e. The first-order valence-electron chi connectivity index (χ1n) is 8.41. The summed E-state index contributed by atoms with van der Waals surface area (Å²) in [7, 11) is 0. The minimum Gasteiger partial charge on any atom is -0.481 e. The maximum Gasteiger partial charge on any atom is 0.303 e. The van der Waals surface area contributed by atoms with Crippen molar-refractivity contribution in [3.05, 3.63) is 59.7 Å². The van der Waals surface area contributed by atoms with Crippen molar-refractivity contribution in [2.24, 2.45) is 0 Å². The molecule has 2 aromatic rings. The van der Waals surface area contributed by atoms with E-state index < -0.39 is 5.97 Å².